The molecular formula is C15H20N4O3S. The average Bonchev–Trinajstić information content (AvgIpc) is 3.09. The molecule has 7 nitrogen and oxygen atoms in total. The van der Waals surface area contributed by atoms with E-state index in [0.717, 1.165) is 5.56 Å². The first-order chi connectivity index (χ1) is 10.8. The molecule has 2 aromatic heterocycles. The van der Waals surface area contributed by atoms with Crippen LogP contribution in [0.3, 0.4) is 0 Å². The van der Waals surface area contributed by atoms with E-state index in [1.165, 1.54) is 11.3 Å². The van der Waals surface area contributed by atoms with Crippen molar-refractivity contribution >= 4 is 23.2 Å². The van der Waals surface area contributed by atoms with Crippen LogP contribution in [0.25, 0.3) is 10.6 Å². The zero-order valence-electron chi connectivity index (χ0n) is 13.5. The topological polar surface area (TPSA) is 97.1 Å². The summed E-state index contributed by atoms with van der Waals surface area (Å²) >= 11 is 1.24. The van der Waals surface area contributed by atoms with Gasteiger partial charge in [0, 0.05) is 18.8 Å². The van der Waals surface area contributed by atoms with Crippen molar-refractivity contribution in [3.05, 3.63) is 23.0 Å². The Morgan fingerprint density at radius 1 is 1.48 bits per heavy atom. The van der Waals surface area contributed by atoms with Crippen molar-refractivity contribution in [2.45, 2.75) is 33.2 Å². The number of carboxylic acid groups (broad SMARTS) is 1. The van der Waals surface area contributed by atoms with Gasteiger partial charge in [-0.05, 0) is 12.8 Å². The van der Waals surface area contributed by atoms with E-state index in [9.17, 15) is 14.7 Å². The summed E-state index contributed by atoms with van der Waals surface area (Å²) in [6, 6.07) is -0.907. The van der Waals surface area contributed by atoms with Gasteiger partial charge in [-0.3, -0.25) is 9.48 Å². The van der Waals surface area contributed by atoms with Gasteiger partial charge < -0.3 is 10.4 Å². The van der Waals surface area contributed by atoms with Gasteiger partial charge in [-0.2, -0.15) is 5.10 Å². The summed E-state index contributed by atoms with van der Waals surface area (Å²) in [5, 5.41) is 16.7. The second-order valence-electron chi connectivity index (χ2n) is 5.51. The lowest BCUT2D eigenvalue weighted by molar-refractivity contribution is -0.140. The summed E-state index contributed by atoms with van der Waals surface area (Å²) in [4.78, 5) is 28.6. The number of rotatable bonds is 6. The molecule has 0 aliphatic heterocycles. The van der Waals surface area contributed by atoms with E-state index in [1.807, 2.05) is 13.1 Å². The first-order valence-corrected chi connectivity index (χ1v) is 8.15. The van der Waals surface area contributed by atoms with Crippen molar-refractivity contribution in [2.24, 2.45) is 13.0 Å². The predicted octanol–water partition coefficient (Wildman–Crippen LogP) is 2.08. The number of aliphatic carboxylic acids is 1. The molecule has 0 saturated carbocycles. The van der Waals surface area contributed by atoms with Gasteiger partial charge in [-0.1, -0.05) is 20.3 Å². The third kappa shape index (κ3) is 3.76. The SMILES string of the molecule is CC[C@H](C)[C@H](NC(=O)c1sc(-c2cnn(C)c2)nc1C)C(=O)O. The summed E-state index contributed by atoms with van der Waals surface area (Å²) in [5.41, 5.74) is 1.41. The van der Waals surface area contributed by atoms with Crippen molar-refractivity contribution in [3.63, 3.8) is 0 Å². The Kier molecular flexibility index (Phi) is 5.15. The minimum absolute atomic E-state index is 0.150. The van der Waals surface area contributed by atoms with Crippen LogP contribution in [0.1, 0.15) is 35.6 Å². The maximum absolute atomic E-state index is 12.4. The van der Waals surface area contributed by atoms with Crippen LogP contribution >= 0.6 is 11.3 Å². The molecule has 0 aliphatic carbocycles. The number of carboxylic acids is 1. The lowest BCUT2D eigenvalue weighted by Crippen LogP contribution is -2.44. The standard InChI is InChI=1S/C15H20N4O3S/c1-5-8(2)11(15(21)22)18-13(20)12-9(3)17-14(23-12)10-6-16-19(4)7-10/h6-8,11H,5H2,1-4H3,(H,18,20)(H,21,22)/t8-,11-/m0/s1. The van der Waals surface area contributed by atoms with Gasteiger partial charge in [0.25, 0.3) is 5.91 Å². The van der Waals surface area contributed by atoms with E-state index in [0.29, 0.717) is 22.0 Å². The molecular weight excluding hydrogens is 316 g/mol. The first-order valence-electron chi connectivity index (χ1n) is 7.33. The number of carbonyl (C=O) groups is 2. The summed E-state index contributed by atoms with van der Waals surface area (Å²) < 4.78 is 1.66. The van der Waals surface area contributed by atoms with Gasteiger partial charge in [-0.25, -0.2) is 9.78 Å². The van der Waals surface area contributed by atoms with Crippen molar-refractivity contribution < 1.29 is 14.7 Å². The highest BCUT2D eigenvalue weighted by Crippen LogP contribution is 2.27. The first kappa shape index (κ1) is 17.1. The van der Waals surface area contributed by atoms with Gasteiger partial charge >= 0.3 is 5.97 Å². The highest BCUT2D eigenvalue weighted by Gasteiger charge is 2.27. The van der Waals surface area contributed by atoms with Gasteiger partial charge in [-0.15, -0.1) is 11.3 Å². The molecule has 8 heteroatoms. The number of nitrogens with one attached hydrogen (secondary N) is 1. The molecule has 2 rings (SSSR count). The van der Waals surface area contributed by atoms with Crippen molar-refractivity contribution in [3.8, 4) is 10.6 Å². The molecule has 2 heterocycles. The molecule has 23 heavy (non-hydrogen) atoms. The molecule has 0 saturated heterocycles. The summed E-state index contributed by atoms with van der Waals surface area (Å²) in [6.07, 6.45) is 4.16. The van der Waals surface area contributed by atoms with Gasteiger partial charge in [0.2, 0.25) is 0 Å². The number of carbonyl (C=O) groups excluding carboxylic acids is 1. The highest BCUT2D eigenvalue weighted by atomic mass is 32.1. The second-order valence-corrected chi connectivity index (χ2v) is 6.51. The summed E-state index contributed by atoms with van der Waals surface area (Å²) in [6.45, 7) is 5.44. The number of amides is 1. The monoisotopic (exact) mass is 336 g/mol. The maximum Gasteiger partial charge on any atom is 0.326 e. The molecule has 0 fully saturated rings. The normalized spacial score (nSPS) is 13.6. The third-order valence-corrected chi connectivity index (χ3v) is 4.93. The molecule has 0 spiro atoms. The number of aromatic nitrogens is 3. The number of hydrogen-bond acceptors (Lipinski definition) is 5. The van der Waals surface area contributed by atoms with Crippen LogP contribution < -0.4 is 5.32 Å². The van der Waals surface area contributed by atoms with E-state index < -0.39 is 17.9 Å². The van der Waals surface area contributed by atoms with Gasteiger partial charge in [0.05, 0.1) is 11.9 Å². The molecule has 1 amide bonds. The molecule has 2 aromatic rings. The Hall–Kier alpha value is -2.22. The van der Waals surface area contributed by atoms with Crippen LogP contribution in [0.2, 0.25) is 0 Å². The van der Waals surface area contributed by atoms with E-state index in [4.69, 9.17) is 0 Å². The molecule has 124 valence electrons. The Labute approximate surface area is 138 Å². The average molecular weight is 336 g/mol. The maximum atomic E-state index is 12.4. The Bertz CT molecular complexity index is 722. The second kappa shape index (κ2) is 6.91. The molecule has 0 unspecified atom stereocenters. The fraction of sp³-hybridized carbons (Fsp3) is 0.467. The molecule has 0 aliphatic rings. The van der Waals surface area contributed by atoms with Gasteiger partial charge in [0.15, 0.2) is 0 Å². The smallest absolute Gasteiger partial charge is 0.326 e. The van der Waals surface area contributed by atoms with Crippen molar-refractivity contribution in [1.29, 1.82) is 0 Å². The molecule has 0 radical (unpaired) electrons. The Balaban J connectivity index is 2.22. The quantitative estimate of drug-likeness (QED) is 0.842. The molecule has 0 bridgehead atoms. The van der Waals surface area contributed by atoms with Crippen molar-refractivity contribution in [2.75, 3.05) is 0 Å². The minimum atomic E-state index is -1.03. The van der Waals surface area contributed by atoms with Crippen LogP contribution in [0.4, 0.5) is 0 Å². The van der Waals surface area contributed by atoms with Gasteiger partial charge in [0.1, 0.15) is 15.9 Å². The molecule has 0 aromatic carbocycles. The highest BCUT2D eigenvalue weighted by molar-refractivity contribution is 7.17. The predicted molar refractivity (Wildman–Crippen MR) is 87.4 cm³/mol. The van der Waals surface area contributed by atoms with Crippen LogP contribution in [-0.2, 0) is 11.8 Å². The number of nitrogens with zero attached hydrogens (tertiary/aromatic N) is 3. The fourth-order valence-electron chi connectivity index (χ4n) is 2.15. The Morgan fingerprint density at radius 2 is 2.17 bits per heavy atom. The Morgan fingerprint density at radius 3 is 2.70 bits per heavy atom. The zero-order chi connectivity index (χ0) is 17.1. The fourth-order valence-corrected chi connectivity index (χ4v) is 3.10. The summed E-state index contributed by atoms with van der Waals surface area (Å²) in [5.74, 6) is -1.58. The lowest BCUT2D eigenvalue weighted by Gasteiger charge is -2.19. The molecule has 2 atom stereocenters. The van der Waals surface area contributed by atoms with Crippen LogP contribution in [0.5, 0.6) is 0 Å². The molecule has 2 N–H and O–H groups in total. The van der Waals surface area contributed by atoms with E-state index in [2.05, 4.69) is 15.4 Å². The van der Waals surface area contributed by atoms with Crippen LogP contribution in [0.15, 0.2) is 12.4 Å². The minimum Gasteiger partial charge on any atom is -0.480 e. The largest absolute Gasteiger partial charge is 0.480 e. The number of aryl methyl sites for hydroxylation is 2. The van der Waals surface area contributed by atoms with Crippen LogP contribution in [0, 0.1) is 12.8 Å². The van der Waals surface area contributed by atoms with E-state index in [-0.39, 0.29) is 5.92 Å². The van der Waals surface area contributed by atoms with E-state index in [1.54, 1.807) is 31.8 Å². The summed E-state index contributed by atoms with van der Waals surface area (Å²) in [7, 11) is 1.81. The van der Waals surface area contributed by atoms with Crippen LogP contribution in [-0.4, -0.2) is 37.8 Å². The number of thiazole rings is 1. The lowest BCUT2D eigenvalue weighted by atomic mass is 9.99. The number of hydrogen-bond donors (Lipinski definition) is 2. The zero-order valence-corrected chi connectivity index (χ0v) is 14.3. The third-order valence-electron chi connectivity index (χ3n) is 3.72. The van der Waals surface area contributed by atoms with E-state index >= 15 is 0 Å². The van der Waals surface area contributed by atoms with Crippen molar-refractivity contribution in [1.82, 2.24) is 20.1 Å².